The van der Waals surface area contributed by atoms with Crippen LogP contribution in [0.5, 0.6) is 0 Å². The summed E-state index contributed by atoms with van der Waals surface area (Å²) in [6.07, 6.45) is 4.00. The van der Waals surface area contributed by atoms with E-state index in [1.807, 2.05) is 14.0 Å². The molecule has 1 unspecified atom stereocenters. The molecule has 1 atom stereocenters. The van der Waals surface area contributed by atoms with Crippen molar-refractivity contribution in [2.24, 2.45) is 7.05 Å². The Morgan fingerprint density at radius 1 is 1.50 bits per heavy atom. The Morgan fingerprint density at radius 2 is 2.20 bits per heavy atom. The van der Waals surface area contributed by atoms with Crippen LogP contribution in [0.15, 0.2) is 0 Å². The van der Waals surface area contributed by atoms with E-state index in [9.17, 15) is 5.26 Å². The van der Waals surface area contributed by atoms with Crippen molar-refractivity contribution >= 4 is 5.82 Å². The van der Waals surface area contributed by atoms with Gasteiger partial charge in [0, 0.05) is 19.7 Å². The highest BCUT2D eigenvalue weighted by Gasteiger charge is 2.35. The van der Waals surface area contributed by atoms with Crippen LogP contribution >= 0.6 is 0 Å². The first-order chi connectivity index (χ1) is 9.55. The average Bonchev–Trinajstić information content (AvgIpc) is 2.73. The van der Waals surface area contributed by atoms with Crippen molar-refractivity contribution in [2.45, 2.75) is 58.1 Å². The van der Waals surface area contributed by atoms with Gasteiger partial charge in [-0.3, -0.25) is 4.68 Å². The third-order valence-corrected chi connectivity index (χ3v) is 4.46. The van der Waals surface area contributed by atoms with Crippen molar-refractivity contribution < 1.29 is 4.74 Å². The molecular weight excluding hydrogens is 252 g/mol. The number of aromatic nitrogens is 2. The third-order valence-electron chi connectivity index (χ3n) is 4.46. The van der Waals surface area contributed by atoms with Crippen LogP contribution in [-0.2, 0) is 11.8 Å². The van der Waals surface area contributed by atoms with Gasteiger partial charge in [0.2, 0.25) is 0 Å². The predicted molar refractivity (Wildman–Crippen MR) is 78.6 cm³/mol. The molecule has 5 nitrogen and oxygen atoms in total. The number of nitriles is 1. The summed E-state index contributed by atoms with van der Waals surface area (Å²) in [7, 11) is 1.88. The Morgan fingerprint density at radius 3 is 2.80 bits per heavy atom. The van der Waals surface area contributed by atoms with Crippen molar-refractivity contribution in [3.05, 3.63) is 11.3 Å². The van der Waals surface area contributed by atoms with Crippen molar-refractivity contribution in [3.63, 3.8) is 0 Å². The first-order valence-corrected chi connectivity index (χ1v) is 7.39. The second-order valence-corrected chi connectivity index (χ2v) is 5.62. The Labute approximate surface area is 120 Å². The summed E-state index contributed by atoms with van der Waals surface area (Å²) in [5, 5.41) is 17.1. The van der Waals surface area contributed by atoms with Gasteiger partial charge in [0.25, 0.3) is 0 Å². The molecule has 0 aromatic carbocycles. The van der Waals surface area contributed by atoms with Gasteiger partial charge >= 0.3 is 0 Å². The lowest BCUT2D eigenvalue weighted by molar-refractivity contribution is -0.0865. The van der Waals surface area contributed by atoms with E-state index >= 15 is 0 Å². The number of ether oxygens (including phenoxy) is 1. The SMILES string of the molecule is CCC1(CC)CC(Nc2c(C#N)c(C)nn2C)CCO1. The summed E-state index contributed by atoms with van der Waals surface area (Å²) in [6.45, 7) is 7.01. The van der Waals surface area contributed by atoms with Gasteiger partial charge in [-0.15, -0.1) is 0 Å². The number of hydrogen-bond acceptors (Lipinski definition) is 4. The van der Waals surface area contributed by atoms with E-state index in [-0.39, 0.29) is 5.60 Å². The van der Waals surface area contributed by atoms with Gasteiger partial charge in [-0.2, -0.15) is 10.4 Å². The van der Waals surface area contributed by atoms with Crippen molar-refractivity contribution in [2.75, 3.05) is 11.9 Å². The molecular formula is C15H24N4O. The van der Waals surface area contributed by atoms with E-state index < -0.39 is 0 Å². The number of nitrogens with zero attached hydrogens (tertiary/aromatic N) is 3. The Hall–Kier alpha value is -1.54. The fourth-order valence-electron chi connectivity index (χ4n) is 3.04. The summed E-state index contributed by atoms with van der Waals surface area (Å²) in [5.41, 5.74) is 1.41. The second kappa shape index (κ2) is 5.84. The number of hydrogen-bond donors (Lipinski definition) is 1. The highest BCUT2D eigenvalue weighted by Crippen LogP contribution is 2.33. The quantitative estimate of drug-likeness (QED) is 0.918. The first kappa shape index (κ1) is 14.9. The second-order valence-electron chi connectivity index (χ2n) is 5.62. The summed E-state index contributed by atoms with van der Waals surface area (Å²) in [6, 6.07) is 2.58. The molecule has 0 bridgehead atoms. The monoisotopic (exact) mass is 276 g/mol. The number of anilines is 1. The lowest BCUT2D eigenvalue weighted by atomic mass is 9.86. The molecule has 2 rings (SSSR count). The lowest BCUT2D eigenvalue weighted by Gasteiger charge is -2.40. The smallest absolute Gasteiger partial charge is 0.142 e. The van der Waals surface area contributed by atoms with E-state index in [1.54, 1.807) is 4.68 Å². The van der Waals surface area contributed by atoms with Gasteiger partial charge in [-0.25, -0.2) is 0 Å². The number of nitrogens with one attached hydrogen (secondary N) is 1. The maximum atomic E-state index is 9.27. The standard InChI is InChI=1S/C15H24N4O/c1-5-15(6-2)9-12(7-8-20-15)17-14-13(10-16)11(3)18-19(14)4/h12,17H,5-9H2,1-4H3. The molecule has 0 saturated carbocycles. The van der Waals surface area contributed by atoms with Crippen LogP contribution in [-0.4, -0.2) is 28.0 Å². The molecule has 1 N–H and O–H groups in total. The molecule has 0 amide bonds. The molecule has 1 saturated heterocycles. The van der Waals surface area contributed by atoms with Crippen LogP contribution in [0.1, 0.15) is 50.8 Å². The summed E-state index contributed by atoms with van der Waals surface area (Å²) < 4.78 is 7.76. The Bertz CT molecular complexity index is 511. The van der Waals surface area contributed by atoms with Crippen molar-refractivity contribution in [1.82, 2.24) is 9.78 Å². The highest BCUT2D eigenvalue weighted by atomic mass is 16.5. The molecule has 0 spiro atoms. The lowest BCUT2D eigenvalue weighted by Crippen LogP contribution is -2.44. The topological polar surface area (TPSA) is 62.9 Å². The molecule has 1 fully saturated rings. The summed E-state index contributed by atoms with van der Waals surface area (Å²) in [4.78, 5) is 0. The van der Waals surface area contributed by atoms with Gasteiger partial charge in [0.05, 0.1) is 11.3 Å². The van der Waals surface area contributed by atoms with Gasteiger partial charge in [0.1, 0.15) is 17.5 Å². The highest BCUT2D eigenvalue weighted by molar-refractivity contribution is 5.55. The summed E-state index contributed by atoms with van der Waals surface area (Å²) >= 11 is 0. The van der Waals surface area contributed by atoms with Crippen LogP contribution in [0.4, 0.5) is 5.82 Å². The maximum Gasteiger partial charge on any atom is 0.142 e. The molecule has 0 radical (unpaired) electrons. The molecule has 1 aromatic rings. The first-order valence-electron chi connectivity index (χ1n) is 7.39. The van der Waals surface area contributed by atoms with Crippen LogP contribution in [0.2, 0.25) is 0 Å². The molecule has 20 heavy (non-hydrogen) atoms. The molecule has 110 valence electrons. The number of aryl methyl sites for hydroxylation is 2. The van der Waals surface area contributed by atoms with Crippen LogP contribution < -0.4 is 5.32 Å². The zero-order valence-corrected chi connectivity index (χ0v) is 12.9. The Balaban J connectivity index is 2.17. The van der Waals surface area contributed by atoms with E-state index in [1.165, 1.54) is 0 Å². The molecule has 2 heterocycles. The van der Waals surface area contributed by atoms with Gasteiger partial charge in [0.15, 0.2) is 0 Å². The minimum Gasteiger partial charge on any atom is -0.375 e. The van der Waals surface area contributed by atoms with Crippen LogP contribution in [0, 0.1) is 18.3 Å². The number of rotatable bonds is 4. The average molecular weight is 276 g/mol. The van der Waals surface area contributed by atoms with Gasteiger partial charge in [-0.1, -0.05) is 13.8 Å². The van der Waals surface area contributed by atoms with E-state index in [2.05, 4.69) is 30.3 Å². The zero-order valence-electron chi connectivity index (χ0n) is 12.9. The normalized spacial score (nSPS) is 21.4. The fourth-order valence-corrected chi connectivity index (χ4v) is 3.04. The molecule has 1 aliphatic rings. The van der Waals surface area contributed by atoms with Crippen molar-refractivity contribution in [1.29, 1.82) is 5.26 Å². The predicted octanol–water partition coefficient (Wildman–Crippen LogP) is 2.75. The molecule has 5 heteroatoms. The van der Waals surface area contributed by atoms with E-state index in [0.29, 0.717) is 11.6 Å². The van der Waals surface area contributed by atoms with Crippen LogP contribution in [0.3, 0.4) is 0 Å². The zero-order chi connectivity index (χ0) is 14.8. The molecule has 0 aliphatic carbocycles. The van der Waals surface area contributed by atoms with Crippen LogP contribution in [0.25, 0.3) is 0 Å². The minimum absolute atomic E-state index is 0.0175. The molecule has 1 aromatic heterocycles. The molecule has 1 aliphatic heterocycles. The van der Waals surface area contributed by atoms with E-state index in [4.69, 9.17) is 4.74 Å². The largest absolute Gasteiger partial charge is 0.375 e. The van der Waals surface area contributed by atoms with E-state index in [0.717, 1.165) is 43.8 Å². The maximum absolute atomic E-state index is 9.27. The van der Waals surface area contributed by atoms with Crippen molar-refractivity contribution in [3.8, 4) is 6.07 Å². The Kier molecular flexibility index (Phi) is 4.34. The fraction of sp³-hybridized carbons (Fsp3) is 0.733. The van der Waals surface area contributed by atoms with Gasteiger partial charge < -0.3 is 10.1 Å². The minimum atomic E-state index is -0.0175. The summed E-state index contributed by atoms with van der Waals surface area (Å²) in [5.74, 6) is 0.831. The van der Waals surface area contributed by atoms with Gasteiger partial charge in [-0.05, 0) is 32.6 Å². The third kappa shape index (κ3) is 2.66.